The summed E-state index contributed by atoms with van der Waals surface area (Å²) < 4.78 is 20.3. The first-order valence-corrected chi connectivity index (χ1v) is 12.2. The standard InChI is InChI=1S/C26H31FN4O7/c1-28-24(34)25(35,8-3-11-32)31-16-19-18(23(31)33)4-2-5-22(19)29-26(36,37)20-7-6-17(14-21(20)27)15-30-9-12-38-13-10-30/h2,4-7,11,14,29,35-37H,3,8-10,12-13,15-16H2,1H3,(H,28,34). The lowest BCUT2D eigenvalue weighted by Gasteiger charge is -2.35. The first-order valence-electron chi connectivity index (χ1n) is 12.2. The Bertz CT molecular complexity index is 1220. The van der Waals surface area contributed by atoms with Crippen LogP contribution in [0.3, 0.4) is 0 Å². The van der Waals surface area contributed by atoms with Gasteiger partial charge in [-0.05, 0) is 29.8 Å². The number of rotatable bonds is 10. The van der Waals surface area contributed by atoms with Crippen molar-refractivity contribution in [1.29, 1.82) is 0 Å². The molecule has 2 aromatic carbocycles. The van der Waals surface area contributed by atoms with E-state index in [9.17, 15) is 29.7 Å². The number of likely N-dealkylation sites (N-methyl/N-ethyl adjacent to an activating group) is 1. The van der Waals surface area contributed by atoms with E-state index in [2.05, 4.69) is 15.5 Å². The number of carbonyl (C=O) groups excluding carboxylic acids is 3. The van der Waals surface area contributed by atoms with Gasteiger partial charge in [0.2, 0.25) is 5.72 Å². The number of anilines is 1. The van der Waals surface area contributed by atoms with E-state index in [1.54, 1.807) is 6.07 Å². The Balaban J connectivity index is 1.57. The Hall–Kier alpha value is -3.42. The van der Waals surface area contributed by atoms with Crippen LogP contribution in [-0.2, 0) is 33.3 Å². The number of benzene rings is 2. The van der Waals surface area contributed by atoms with Crippen LogP contribution in [0.25, 0.3) is 0 Å². The number of aliphatic hydroxyl groups is 3. The fourth-order valence-electron chi connectivity index (χ4n) is 4.79. The van der Waals surface area contributed by atoms with E-state index in [-0.39, 0.29) is 36.2 Å². The molecule has 1 atom stereocenters. The van der Waals surface area contributed by atoms with Crippen LogP contribution >= 0.6 is 0 Å². The Morgan fingerprint density at radius 2 is 1.92 bits per heavy atom. The molecule has 0 aliphatic carbocycles. The van der Waals surface area contributed by atoms with Gasteiger partial charge in [-0.1, -0.05) is 12.1 Å². The van der Waals surface area contributed by atoms with E-state index in [4.69, 9.17) is 4.74 Å². The number of fused-ring (bicyclic) bond motifs is 1. The van der Waals surface area contributed by atoms with Gasteiger partial charge < -0.3 is 35.5 Å². The third-order valence-electron chi connectivity index (χ3n) is 6.84. The summed E-state index contributed by atoms with van der Waals surface area (Å²) >= 11 is 0. The predicted molar refractivity (Wildman–Crippen MR) is 133 cm³/mol. The highest BCUT2D eigenvalue weighted by molar-refractivity contribution is 6.03. The second-order valence-electron chi connectivity index (χ2n) is 9.32. The molecule has 0 radical (unpaired) electrons. The molecule has 11 nitrogen and oxygen atoms in total. The molecule has 1 fully saturated rings. The summed E-state index contributed by atoms with van der Waals surface area (Å²) in [5.41, 5.74) is -1.59. The Labute approximate surface area is 218 Å². The van der Waals surface area contributed by atoms with Crippen molar-refractivity contribution in [1.82, 2.24) is 15.1 Å². The summed E-state index contributed by atoms with van der Waals surface area (Å²) in [5.74, 6) is -5.23. The minimum atomic E-state index is -2.85. The number of carbonyl (C=O) groups is 3. The highest BCUT2D eigenvalue weighted by Crippen LogP contribution is 2.36. The van der Waals surface area contributed by atoms with Crippen LogP contribution in [0, 0.1) is 5.82 Å². The minimum absolute atomic E-state index is 0.0924. The zero-order valence-electron chi connectivity index (χ0n) is 20.9. The Morgan fingerprint density at radius 3 is 2.58 bits per heavy atom. The summed E-state index contributed by atoms with van der Waals surface area (Å²) in [4.78, 5) is 39.6. The predicted octanol–water partition coefficient (Wildman–Crippen LogP) is 0.234. The molecule has 2 aliphatic heterocycles. The maximum atomic E-state index is 15.0. The molecule has 2 amide bonds. The van der Waals surface area contributed by atoms with Crippen molar-refractivity contribution in [3.8, 4) is 0 Å². The average molecular weight is 531 g/mol. The van der Waals surface area contributed by atoms with Crippen molar-refractivity contribution in [2.45, 2.75) is 37.6 Å². The maximum absolute atomic E-state index is 15.0. The molecule has 4 rings (SSSR count). The number of hydrogen-bond donors (Lipinski definition) is 5. The van der Waals surface area contributed by atoms with Gasteiger partial charge in [0.15, 0.2) is 0 Å². The van der Waals surface area contributed by atoms with Gasteiger partial charge in [0.05, 0.1) is 25.3 Å². The molecular weight excluding hydrogens is 499 g/mol. The van der Waals surface area contributed by atoms with Gasteiger partial charge in [-0.25, -0.2) is 4.39 Å². The molecule has 0 bridgehead atoms. The topological polar surface area (TPSA) is 152 Å². The molecule has 5 N–H and O–H groups in total. The quantitative estimate of drug-likeness (QED) is 0.215. The van der Waals surface area contributed by atoms with Crippen LogP contribution < -0.4 is 10.6 Å². The molecule has 2 aliphatic rings. The van der Waals surface area contributed by atoms with Crippen LogP contribution in [0.5, 0.6) is 0 Å². The van der Waals surface area contributed by atoms with Crippen LogP contribution in [0.15, 0.2) is 36.4 Å². The summed E-state index contributed by atoms with van der Waals surface area (Å²) in [6, 6.07) is 8.53. The SMILES string of the molecule is CNC(=O)C(O)(CCC=O)N1Cc2c(NC(O)(O)c3ccc(CN4CCOCC4)cc3F)cccc2C1=O. The van der Waals surface area contributed by atoms with Gasteiger partial charge in [-0.2, -0.15) is 0 Å². The van der Waals surface area contributed by atoms with Crippen molar-refractivity contribution in [2.24, 2.45) is 0 Å². The molecule has 1 saturated heterocycles. The molecule has 2 heterocycles. The fourth-order valence-corrected chi connectivity index (χ4v) is 4.79. The normalized spacial score (nSPS) is 17.6. The molecule has 204 valence electrons. The van der Waals surface area contributed by atoms with E-state index in [1.807, 2.05) is 0 Å². The number of ether oxygens (including phenoxy) is 1. The van der Waals surface area contributed by atoms with Gasteiger partial charge in [0.1, 0.15) is 12.1 Å². The van der Waals surface area contributed by atoms with E-state index in [0.717, 1.165) is 4.90 Å². The molecule has 1 unspecified atom stereocenters. The van der Waals surface area contributed by atoms with E-state index in [0.29, 0.717) is 44.7 Å². The van der Waals surface area contributed by atoms with E-state index < -0.39 is 34.8 Å². The van der Waals surface area contributed by atoms with Gasteiger partial charge in [-0.3, -0.25) is 19.4 Å². The van der Waals surface area contributed by atoms with E-state index in [1.165, 1.54) is 37.4 Å². The molecule has 0 aromatic heterocycles. The third-order valence-corrected chi connectivity index (χ3v) is 6.84. The van der Waals surface area contributed by atoms with Crippen LogP contribution in [0.2, 0.25) is 0 Å². The van der Waals surface area contributed by atoms with Crippen molar-refractivity contribution < 1.29 is 38.8 Å². The molecular formula is C26H31FN4O7. The zero-order chi connectivity index (χ0) is 27.5. The lowest BCUT2D eigenvalue weighted by molar-refractivity contribution is -0.159. The summed E-state index contributed by atoms with van der Waals surface area (Å²) in [5, 5.41) is 37.5. The van der Waals surface area contributed by atoms with Crippen LogP contribution in [0.4, 0.5) is 10.1 Å². The average Bonchev–Trinajstić information content (AvgIpc) is 3.25. The van der Waals surface area contributed by atoms with Gasteiger partial charge in [0, 0.05) is 56.3 Å². The number of nitrogens with one attached hydrogen (secondary N) is 2. The van der Waals surface area contributed by atoms with Gasteiger partial charge in [0.25, 0.3) is 17.7 Å². The highest BCUT2D eigenvalue weighted by Gasteiger charge is 2.48. The van der Waals surface area contributed by atoms with Gasteiger partial charge >= 0.3 is 0 Å². The Kier molecular flexibility index (Phi) is 8.09. The lowest BCUT2D eigenvalue weighted by Crippen LogP contribution is -2.58. The summed E-state index contributed by atoms with van der Waals surface area (Å²) in [7, 11) is 1.29. The number of halogens is 1. The number of amides is 2. The second kappa shape index (κ2) is 11.1. The number of nitrogens with zero attached hydrogens (tertiary/aromatic N) is 2. The van der Waals surface area contributed by atoms with E-state index >= 15 is 4.39 Å². The lowest BCUT2D eigenvalue weighted by atomic mass is 10.0. The first kappa shape index (κ1) is 27.6. The van der Waals surface area contributed by atoms with Crippen LogP contribution in [0.1, 0.15) is 39.9 Å². The first-order chi connectivity index (χ1) is 18.1. The summed E-state index contributed by atoms with van der Waals surface area (Å²) in [6.07, 6.45) is 0.0260. The van der Waals surface area contributed by atoms with Crippen molar-refractivity contribution in [3.05, 3.63) is 64.5 Å². The van der Waals surface area contributed by atoms with Crippen LogP contribution in [-0.4, -0.2) is 82.3 Å². The molecule has 2 aromatic rings. The number of morpholine rings is 1. The summed E-state index contributed by atoms with van der Waals surface area (Å²) in [6.45, 7) is 2.85. The smallest absolute Gasteiger partial charge is 0.275 e. The van der Waals surface area contributed by atoms with Gasteiger partial charge in [-0.15, -0.1) is 0 Å². The Morgan fingerprint density at radius 1 is 1.18 bits per heavy atom. The fraction of sp³-hybridized carbons (Fsp3) is 0.423. The minimum Gasteiger partial charge on any atom is -0.379 e. The largest absolute Gasteiger partial charge is 0.379 e. The van der Waals surface area contributed by atoms with Crippen molar-refractivity contribution in [3.63, 3.8) is 0 Å². The van der Waals surface area contributed by atoms with Crippen molar-refractivity contribution >= 4 is 23.8 Å². The maximum Gasteiger partial charge on any atom is 0.275 e. The number of aldehydes is 1. The molecule has 0 saturated carbocycles. The molecule has 12 heteroatoms. The zero-order valence-corrected chi connectivity index (χ0v) is 20.9. The van der Waals surface area contributed by atoms with Crippen molar-refractivity contribution in [2.75, 3.05) is 38.7 Å². The molecule has 0 spiro atoms. The number of hydrogen-bond acceptors (Lipinski definition) is 9. The monoisotopic (exact) mass is 530 g/mol. The molecule has 38 heavy (non-hydrogen) atoms. The third kappa shape index (κ3) is 5.40. The highest BCUT2D eigenvalue weighted by atomic mass is 19.1. The second-order valence-corrected chi connectivity index (χ2v) is 9.32.